The fourth-order valence-electron chi connectivity index (χ4n) is 1.84. The van der Waals surface area contributed by atoms with Crippen molar-refractivity contribution in [3.05, 3.63) is 58.5 Å². The van der Waals surface area contributed by atoms with E-state index in [0.29, 0.717) is 18.7 Å². The van der Waals surface area contributed by atoms with Gasteiger partial charge in [0.2, 0.25) is 0 Å². The first kappa shape index (κ1) is 14.8. The molecule has 0 atom stereocenters. The first-order chi connectivity index (χ1) is 10.1. The molecule has 0 unspecified atom stereocenters. The number of nitrogens with one attached hydrogen (secondary N) is 1. The lowest BCUT2D eigenvalue weighted by molar-refractivity contribution is 0.0951. The number of carbonyl (C=O) groups excluding carboxylic acids is 1. The van der Waals surface area contributed by atoms with E-state index in [1.54, 1.807) is 24.4 Å². The van der Waals surface area contributed by atoms with Gasteiger partial charge in [0.1, 0.15) is 0 Å². The molecule has 0 radical (unpaired) electrons. The van der Waals surface area contributed by atoms with Crippen molar-refractivity contribution in [2.75, 3.05) is 25.5 Å². The molecule has 0 aliphatic heterocycles. The molecule has 0 aliphatic carbocycles. The number of nitrogens with zero attached hydrogens (tertiary/aromatic N) is 3. The van der Waals surface area contributed by atoms with E-state index in [4.69, 9.17) is 0 Å². The van der Waals surface area contributed by atoms with Crippen molar-refractivity contribution in [1.82, 2.24) is 15.1 Å². The fraction of sp³-hybridized carbons (Fsp3) is 0.267. The van der Waals surface area contributed by atoms with Gasteiger partial charge >= 0.3 is 0 Å². The summed E-state index contributed by atoms with van der Waals surface area (Å²) < 4.78 is 1.31. The van der Waals surface area contributed by atoms with Crippen LogP contribution in [0.5, 0.6) is 0 Å². The third-order valence-electron chi connectivity index (χ3n) is 3.04. The topological polar surface area (TPSA) is 67.2 Å². The summed E-state index contributed by atoms with van der Waals surface area (Å²) >= 11 is 0. The number of benzene rings is 1. The minimum atomic E-state index is -0.179. The van der Waals surface area contributed by atoms with E-state index in [2.05, 4.69) is 10.4 Å². The summed E-state index contributed by atoms with van der Waals surface area (Å²) in [6, 6.07) is 10.4. The highest BCUT2D eigenvalue weighted by Gasteiger charge is 2.05. The molecule has 2 aromatic rings. The van der Waals surface area contributed by atoms with Crippen molar-refractivity contribution in [1.29, 1.82) is 0 Å². The Morgan fingerprint density at radius 3 is 2.57 bits per heavy atom. The summed E-state index contributed by atoms with van der Waals surface area (Å²) in [7, 11) is 3.89. The smallest absolute Gasteiger partial charge is 0.266 e. The molecule has 2 rings (SSSR count). The molecule has 1 amide bonds. The van der Waals surface area contributed by atoms with Gasteiger partial charge in [0.05, 0.1) is 6.54 Å². The Bertz CT molecular complexity index is 662. The zero-order valence-corrected chi connectivity index (χ0v) is 12.1. The Kier molecular flexibility index (Phi) is 4.71. The van der Waals surface area contributed by atoms with Crippen LogP contribution in [0.15, 0.2) is 47.4 Å². The predicted octanol–water partition coefficient (Wildman–Crippen LogP) is 0.739. The zero-order chi connectivity index (χ0) is 15.2. The molecule has 0 fully saturated rings. The number of anilines is 1. The van der Waals surface area contributed by atoms with Gasteiger partial charge in [-0.15, -0.1) is 0 Å². The lowest BCUT2D eigenvalue weighted by Gasteiger charge is -2.12. The minimum absolute atomic E-state index is 0.163. The maximum Gasteiger partial charge on any atom is 0.266 e. The van der Waals surface area contributed by atoms with Crippen molar-refractivity contribution in [2.45, 2.75) is 6.54 Å². The second-order valence-corrected chi connectivity index (χ2v) is 4.78. The van der Waals surface area contributed by atoms with Crippen LogP contribution in [0, 0.1) is 0 Å². The standard InChI is InChI=1S/C15H18N4O2/c1-18(2)13-7-5-12(6-8-13)15(21)16-10-11-19-14(20)4-3-9-17-19/h3-9H,10-11H2,1-2H3,(H,16,21). The van der Waals surface area contributed by atoms with Gasteiger partial charge in [-0.1, -0.05) is 0 Å². The molecular weight excluding hydrogens is 268 g/mol. The first-order valence-electron chi connectivity index (χ1n) is 6.65. The maximum absolute atomic E-state index is 12.0. The summed E-state index contributed by atoms with van der Waals surface area (Å²) in [6.07, 6.45) is 1.54. The second kappa shape index (κ2) is 6.69. The molecule has 0 saturated carbocycles. The minimum Gasteiger partial charge on any atom is -0.378 e. The quantitative estimate of drug-likeness (QED) is 0.880. The zero-order valence-electron chi connectivity index (χ0n) is 12.1. The summed E-state index contributed by atoms with van der Waals surface area (Å²) in [6.45, 7) is 0.701. The molecule has 0 saturated heterocycles. The number of aromatic nitrogens is 2. The van der Waals surface area contributed by atoms with Crippen molar-refractivity contribution in [3.8, 4) is 0 Å². The van der Waals surface area contributed by atoms with Gasteiger partial charge in [0, 0.05) is 44.2 Å². The Hall–Kier alpha value is -2.63. The van der Waals surface area contributed by atoms with Gasteiger partial charge in [-0.25, -0.2) is 4.68 Å². The number of amides is 1. The van der Waals surface area contributed by atoms with Crippen LogP contribution < -0.4 is 15.8 Å². The molecule has 6 nitrogen and oxygen atoms in total. The van der Waals surface area contributed by atoms with Crippen molar-refractivity contribution < 1.29 is 4.79 Å². The molecule has 0 spiro atoms. The Morgan fingerprint density at radius 1 is 1.24 bits per heavy atom. The van der Waals surface area contributed by atoms with E-state index in [0.717, 1.165) is 5.69 Å². The van der Waals surface area contributed by atoms with Gasteiger partial charge in [-0.05, 0) is 30.3 Å². The average molecular weight is 286 g/mol. The van der Waals surface area contributed by atoms with Gasteiger partial charge in [0.15, 0.2) is 0 Å². The molecule has 1 aromatic heterocycles. The molecule has 1 N–H and O–H groups in total. The lowest BCUT2D eigenvalue weighted by Crippen LogP contribution is -2.31. The van der Waals surface area contributed by atoms with E-state index in [-0.39, 0.29) is 11.5 Å². The monoisotopic (exact) mass is 286 g/mol. The molecule has 0 bridgehead atoms. The fourth-order valence-corrected chi connectivity index (χ4v) is 1.84. The van der Waals surface area contributed by atoms with E-state index < -0.39 is 0 Å². The predicted molar refractivity (Wildman–Crippen MR) is 81.6 cm³/mol. The normalized spacial score (nSPS) is 10.2. The second-order valence-electron chi connectivity index (χ2n) is 4.78. The molecule has 6 heteroatoms. The van der Waals surface area contributed by atoms with Gasteiger partial charge in [-0.3, -0.25) is 9.59 Å². The number of carbonyl (C=O) groups is 1. The highest BCUT2D eigenvalue weighted by Crippen LogP contribution is 2.11. The lowest BCUT2D eigenvalue weighted by atomic mass is 10.2. The highest BCUT2D eigenvalue weighted by molar-refractivity contribution is 5.94. The Labute approximate surface area is 123 Å². The summed E-state index contributed by atoms with van der Waals surface area (Å²) in [5.74, 6) is -0.163. The van der Waals surface area contributed by atoms with Gasteiger partial charge in [0.25, 0.3) is 11.5 Å². The maximum atomic E-state index is 12.0. The van der Waals surface area contributed by atoms with Crippen LogP contribution in [0.2, 0.25) is 0 Å². The summed E-state index contributed by atoms with van der Waals surface area (Å²) in [5, 5.41) is 6.70. The van der Waals surface area contributed by atoms with E-state index in [1.165, 1.54) is 10.7 Å². The Morgan fingerprint density at radius 2 is 1.95 bits per heavy atom. The van der Waals surface area contributed by atoms with Gasteiger partial charge < -0.3 is 10.2 Å². The van der Waals surface area contributed by atoms with E-state index >= 15 is 0 Å². The van der Waals surface area contributed by atoms with Crippen LogP contribution in [0.3, 0.4) is 0 Å². The third kappa shape index (κ3) is 3.92. The van der Waals surface area contributed by atoms with Crippen LogP contribution in [-0.4, -0.2) is 36.3 Å². The van der Waals surface area contributed by atoms with Gasteiger partial charge in [-0.2, -0.15) is 5.10 Å². The van der Waals surface area contributed by atoms with Crippen LogP contribution in [0.1, 0.15) is 10.4 Å². The molecule has 1 heterocycles. The molecule has 21 heavy (non-hydrogen) atoms. The van der Waals surface area contributed by atoms with Crippen LogP contribution >= 0.6 is 0 Å². The first-order valence-corrected chi connectivity index (χ1v) is 6.65. The molecule has 1 aromatic carbocycles. The number of hydrogen-bond acceptors (Lipinski definition) is 4. The van der Waals surface area contributed by atoms with E-state index in [1.807, 2.05) is 31.1 Å². The van der Waals surface area contributed by atoms with Crippen molar-refractivity contribution in [3.63, 3.8) is 0 Å². The summed E-state index contributed by atoms with van der Waals surface area (Å²) in [4.78, 5) is 25.4. The number of hydrogen-bond donors (Lipinski definition) is 1. The largest absolute Gasteiger partial charge is 0.378 e. The SMILES string of the molecule is CN(C)c1ccc(C(=O)NCCn2ncccc2=O)cc1. The summed E-state index contributed by atoms with van der Waals surface area (Å²) in [5.41, 5.74) is 1.45. The molecule has 0 aliphatic rings. The Balaban J connectivity index is 1.90. The number of rotatable bonds is 5. The van der Waals surface area contributed by atoms with Crippen LogP contribution in [0.25, 0.3) is 0 Å². The van der Waals surface area contributed by atoms with Crippen molar-refractivity contribution in [2.24, 2.45) is 0 Å². The average Bonchev–Trinajstić information content (AvgIpc) is 2.49. The molecular formula is C15H18N4O2. The molecule has 110 valence electrons. The third-order valence-corrected chi connectivity index (χ3v) is 3.04. The van der Waals surface area contributed by atoms with Crippen LogP contribution in [-0.2, 0) is 6.54 Å². The highest BCUT2D eigenvalue weighted by atomic mass is 16.1. The van der Waals surface area contributed by atoms with Crippen molar-refractivity contribution >= 4 is 11.6 Å². The van der Waals surface area contributed by atoms with E-state index in [9.17, 15) is 9.59 Å². The van der Waals surface area contributed by atoms with Crippen LogP contribution in [0.4, 0.5) is 5.69 Å².